The van der Waals surface area contributed by atoms with Crippen molar-refractivity contribution < 1.29 is 9.59 Å². The standard InChI is InChI=1S/C11H6BrN3O2/c12-6-1-2-8-9(3-6)11(17)15(10(8)16)7-4-13-14-5-7/h1-5H,(H,13,14). The lowest BCUT2D eigenvalue weighted by Gasteiger charge is -2.09. The van der Waals surface area contributed by atoms with Gasteiger partial charge in [0, 0.05) is 10.7 Å². The fourth-order valence-electron chi connectivity index (χ4n) is 1.81. The smallest absolute Gasteiger partial charge is 0.266 e. The van der Waals surface area contributed by atoms with E-state index in [1.165, 1.54) is 12.4 Å². The van der Waals surface area contributed by atoms with Gasteiger partial charge in [-0.2, -0.15) is 5.10 Å². The number of amides is 2. The summed E-state index contributed by atoms with van der Waals surface area (Å²) in [4.78, 5) is 25.3. The number of H-pyrrole nitrogens is 1. The average molecular weight is 292 g/mol. The van der Waals surface area contributed by atoms with E-state index in [1.54, 1.807) is 18.2 Å². The highest BCUT2D eigenvalue weighted by atomic mass is 79.9. The van der Waals surface area contributed by atoms with Gasteiger partial charge in [-0.05, 0) is 18.2 Å². The number of anilines is 1. The normalized spacial score (nSPS) is 14.3. The van der Waals surface area contributed by atoms with Gasteiger partial charge in [-0.3, -0.25) is 14.7 Å². The molecule has 17 heavy (non-hydrogen) atoms. The molecule has 0 aliphatic carbocycles. The predicted octanol–water partition coefficient (Wildman–Crippen LogP) is 1.97. The summed E-state index contributed by atoms with van der Waals surface area (Å²) in [5.74, 6) is -0.647. The molecular formula is C11H6BrN3O2. The molecule has 1 aliphatic heterocycles. The summed E-state index contributed by atoms with van der Waals surface area (Å²) in [5.41, 5.74) is 1.28. The third-order valence-electron chi connectivity index (χ3n) is 2.59. The molecule has 1 aliphatic rings. The van der Waals surface area contributed by atoms with Crippen molar-refractivity contribution >= 4 is 33.4 Å². The van der Waals surface area contributed by atoms with Gasteiger partial charge in [0.25, 0.3) is 11.8 Å². The Morgan fingerprint density at radius 1 is 1.18 bits per heavy atom. The van der Waals surface area contributed by atoms with E-state index in [9.17, 15) is 9.59 Å². The minimum absolute atomic E-state index is 0.320. The Morgan fingerprint density at radius 2 is 1.94 bits per heavy atom. The number of aromatic amines is 1. The summed E-state index contributed by atoms with van der Waals surface area (Å²) in [6, 6.07) is 5.03. The molecule has 2 aromatic rings. The summed E-state index contributed by atoms with van der Waals surface area (Å²) in [6.07, 6.45) is 2.95. The van der Waals surface area contributed by atoms with Gasteiger partial charge in [0.1, 0.15) is 0 Å². The molecule has 0 atom stereocenters. The van der Waals surface area contributed by atoms with Crippen LogP contribution < -0.4 is 4.90 Å². The molecule has 0 radical (unpaired) electrons. The number of benzene rings is 1. The van der Waals surface area contributed by atoms with E-state index < -0.39 is 0 Å². The largest absolute Gasteiger partial charge is 0.284 e. The number of carbonyl (C=O) groups is 2. The van der Waals surface area contributed by atoms with E-state index in [4.69, 9.17) is 0 Å². The molecular weight excluding hydrogens is 286 g/mol. The summed E-state index contributed by atoms with van der Waals surface area (Å²) in [6.45, 7) is 0. The molecule has 2 amide bonds. The number of hydrogen-bond donors (Lipinski definition) is 1. The molecule has 1 aromatic heterocycles. The molecule has 84 valence electrons. The molecule has 0 bridgehead atoms. The fourth-order valence-corrected chi connectivity index (χ4v) is 2.17. The Balaban J connectivity index is 2.15. The average Bonchev–Trinajstić information content (AvgIpc) is 2.88. The zero-order valence-electron chi connectivity index (χ0n) is 8.48. The van der Waals surface area contributed by atoms with Crippen LogP contribution in [0.5, 0.6) is 0 Å². The lowest BCUT2D eigenvalue weighted by atomic mass is 10.1. The second-order valence-electron chi connectivity index (χ2n) is 3.59. The van der Waals surface area contributed by atoms with Crippen LogP contribution in [0, 0.1) is 0 Å². The van der Waals surface area contributed by atoms with Crippen LogP contribution >= 0.6 is 15.9 Å². The van der Waals surface area contributed by atoms with Crippen molar-refractivity contribution in [2.24, 2.45) is 0 Å². The van der Waals surface area contributed by atoms with Crippen LogP contribution in [0.3, 0.4) is 0 Å². The summed E-state index contributed by atoms with van der Waals surface area (Å²) in [7, 11) is 0. The molecule has 2 heterocycles. The van der Waals surface area contributed by atoms with Gasteiger partial charge in [0.05, 0.1) is 23.0 Å². The van der Waals surface area contributed by atoms with Crippen LogP contribution in [0.25, 0.3) is 0 Å². The van der Waals surface area contributed by atoms with Crippen LogP contribution in [-0.2, 0) is 0 Å². The van der Waals surface area contributed by atoms with E-state index in [0.29, 0.717) is 16.8 Å². The summed E-state index contributed by atoms with van der Waals surface area (Å²) >= 11 is 3.28. The van der Waals surface area contributed by atoms with Crippen molar-refractivity contribution in [1.29, 1.82) is 0 Å². The Kier molecular flexibility index (Phi) is 2.12. The lowest BCUT2D eigenvalue weighted by molar-refractivity contribution is 0.0926. The van der Waals surface area contributed by atoms with Gasteiger partial charge in [-0.25, -0.2) is 4.90 Å². The number of nitrogens with zero attached hydrogens (tertiary/aromatic N) is 2. The van der Waals surface area contributed by atoms with Gasteiger partial charge >= 0.3 is 0 Å². The van der Waals surface area contributed by atoms with Gasteiger partial charge in [0.2, 0.25) is 0 Å². The van der Waals surface area contributed by atoms with E-state index in [-0.39, 0.29) is 11.8 Å². The van der Waals surface area contributed by atoms with Gasteiger partial charge in [-0.15, -0.1) is 0 Å². The first kappa shape index (κ1) is 10.2. The number of imide groups is 1. The van der Waals surface area contributed by atoms with Crippen molar-refractivity contribution in [2.75, 3.05) is 4.90 Å². The van der Waals surface area contributed by atoms with E-state index in [2.05, 4.69) is 26.1 Å². The SMILES string of the molecule is O=C1c2ccc(Br)cc2C(=O)N1c1cn[nH]c1. The van der Waals surface area contributed by atoms with Crippen molar-refractivity contribution in [1.82, 2.24) is 10.2 Å². The Bertz CT molecular complexity index is 622. The van der Waals surface area contributed by atoms with Crippen LogP contribution in [0.4, 0.5) is 5.69 Å². The summed E-state index contributed by atoms with van der Waals surface area (Å²) < 4.78 is 0.770. The van der Waals surface area contributed by atoms with Crippen molar-refractivity contribution in [3.05, 3.63) is 46.2 Å². The predicted molar refractivity (Wildman–Crippen MR) is 63.9 cm³/mol. The van der Waals surface area contributed by atoms with Gasteiger partial charge in [-0.1, -0.05) is 15.9 Å². The van der Waals surface area contributed by atoms with Crippen LogP contribution in [0.2, 0.25) is 0 Å². The zero-order chi connectivity index (χ0) is 12.0. The van der Waals surface area contributed by atoms with Gasteiger partial charge < -0.3 is 0 Å². The van der Waals surface area contributed by atoms with Crippen molar-refractivity contribution in [2.45, 2.75) is 0 Å². The Hall–Kier alpha value is -1.95. The van der Waals surface area contributed by atoms with E-state index in [0.717, 1.165) is 9.37 Å². The minimum Gasteiger partial charge on any atom is -0.284 e. The minimum atomic E-state index is -0.326. The molecule has 1 aromatic carbocycles. The molecule has 0 fully saturated rings. The second kappa shape index (κ2) is 3.53. The monoisotopic (exact) mass is 291 g/mol. The molecule has 0 unspecified atom stereocenters. The molecule has 1 N–H and O–H groups in total. The first-order valence-corrected chi connectivity index (χ1v) is 5.65. The third kappa shape index (κ3) is 1.41. The number of fused-ring (bicyclic) bond motifs is 1. The van der Waals surface area contributed by atoms with Crippen molar-refractivity contribution in [3.8, 4) is 0 Å². The first-order valence-electron chi connectivity index (χ1n) is 4.85. The quantitative estimate of drug-likeness (QED) is 0.817. The Morgan fingerprint density at radius 3 is 2.65 bits per heavy atom. The maximum Gasteiger partial charge on any atom is 0.266 e. The topological polar surface area (TPSA) is 66.1 Å². The van der Waals surface area contributed by atoms with Crippen molar-refractivity contribution in [3.63, 3.8) is 0 Å². The third-order valence-corrected chi connectivity index (χ3v) is 3.08. The Labute approximate surface area is 105 Å². The van der Waals surface area contributed by atoms with E-state index >= 15 is 0 Å². The maximum absolute atomic E-state index is 12.1. The fraction of sp³-hybridized carbons (Fsp3) is 0. The number of halogens is 1. The second-order valence-corrected chi connectivity index (χ2v) is 4.51. The number of nitrogens with one attached hydrogen (secondary N) is 1. The van der Waals surface area contributed by atoms with E-state index in [1.807, 2.05) is 0 Å². The summed E-state index contributed by atoms with van der Waals surface area (Å²) in [5, 5.41) is 6.32. The van der Waals surface area contributed by atoms with Crippen LogP contribution in [-0.4, -0.2) is 22.0 Å². The first-order chi connectivity index (χ1) is 8.18. The van der Waals surface area contributed by atoms with Gasteiger partial charge in [0.15, 0.2) is 0 Å². The maximum atomic E-state index is 12.1. The number of aromatic nitrogens is 2. The highest BCUT2D eigenvalue weighted by molar-refractivity contribution is 9.10. The highest BCUT2D eigenvalue weighted by Gasteiger charge is 2.37. The zero-order valence-corrected chi connectivity index (χ0v) is 10.1. The molecule has 5 nitrogen and oxygen atoms in total. The lowest BCUT2D eigenvalue weighted by Crippen LogP contribution is -2.28. The van der Waals surface area contributed by atoms with Crippen LogP contribution in [0.15, 0.2) is 35.1 Å². The highest BCUT2D eigenvalue weighted by Crippen LogP contribution is 2.29. The van der Waals surface area contributed by atoms with Crippen LogP contribution in [0.1, 0.15) is 20.7 Å². The molecule has 0 saturated heterocycles. The molecule has 3 rings (SSSR count). The molecule has 0 spiro atoms. The molecule has 0 saturated carbocycles. The number of rotatable bonds is 1. The number of carbonyl (C=O) groups excluding carboxylic acids is 2. The number of hydrogen-bond acceptors (Lipinski definition) is 3. The molecule has 6 heteroatoms.